The van der Waals surface area contributed by atoms with E-state index in [0.717, 1.165) is 70.1 Å². The molecule has 1 N–H and O–H groups in total. The zero-order chi connectivity index (χ0) is 17.2. The molecule has 1 saturated carbocycles. The third kappa shape index (κ3) is 4.20. The topological polar surface area (TPSA) is 74.5 Å². The Bertz CT molecular complexity index is 594. The van der Waals surface area contributed by atoms with Gasteiger partial charge >= 0.3 is 0 Å². The fraction of sp³-hybridized carbons (Fsp3) is 0.833. The number of hydrogen-bond acceptors (Lipinski definition) is 6. The molecule has 0 unspecified atom stereocenters. The Hall–Kier alpha value is -1.47. The van der Waals surface area contributed by atoms with Crippen LogP contribution >= 0.6 is 0 Å². The summed E-state index contributed by atoms with van der Waals surface area (Å²) in [4.78, 5) is 21.4. The Morgan fingerprint density at radius 1 is 1.24 bits per heavy atom. The number of aromatic nitrogens is 2. The maximum absolute atomic E-state index is 12.5. The lowest BCUT2D eigenvalue weighted by atomic mass is 10.0. The maximum atomic E-state index is 12.5. The third-order valence-corrected chi connectivity index (χ3v) is 5.55. The van der Waals surface area contributed by atoms with Crippen LogP contribution in [0.25, 0.3) is 0 Å². The second-order valence-electron chi connectivity index (χ2n) is 7.82. The number of hydrogen-bond donors (Lipinski definition) is 1. The first-order chi connectivity index (χ1) is 12.2. The van der Waals surface area contributed by atoms with Crippen LogP contribution in [0.5, 0.6) is 0 Å². The lowest BCUT2D eigenvalue weighted by Crippen LogP contribution is -2.52. The first-order valence-corrected chi connectivity index (χ1v) is 9.78. The first kappa shape index (κ1) is 17.0. The highest BCUT2D eigenvalue weighted by molar-refractivity contribution is 5.81. The fourth-order valence-corrected chi connectivity index (χ4v) is 4.00. The van der Waals surface area contributed by atoms with Gasteiger partial charge in [-0.2, -0.15) is 4.98 Å². The molecule has 0 radical (unpaired) electrons. The molecule has 3 heterocycles. The predicted octanol–water partition coefficient (Wildman–Crippen LogP) is 1.51. The van der Waals surface area contributed by atoms with Crippen LogP contribution in [0.2, 0.25) is 0 Å². The van der Waals surface area contributed by atoms with Gasteiger partial charge in [0, 0.05) is 31.6 Å². The molecule has 7 heteroatoms. The number of rotatable bonds is 6. The summed E-state index contributed by atoms with van der Waals surface area (Å²) in [5.74, 6) is 2.37. The van der Waals surface area contributed by atoms with Crippen LogP contribution in [0.1, 0.15) is 63.1 Å². The van der Waals surface area contributed by atoms with Crippen molar-refractivity contribution in [3.8, 4) is 0 Å². The molecule has 0 spiro atoms. The van der Waals surface area contributed by atoms with Crippen molar-refractivity contribution in [2.24, 2.45) is 0 Å². The number of carbonyl (C=O) groups excluding carboxylic acids is 1. The van der Waals surface area contributed by atoms with Crippen molar-refractivity contribution in [2.75, 3.05) is 26.2 Å². The second kappa shape index (κ2) is 7.41. The molecule has 7 nitrogen and oxygen atoms in total. The molecule has 1 aromatic heterocycles. The lowest BCUT2D eigenvalue weighted by Gasteiger charge is -2.34. The van der Waals surface area contributed by atoms with Gasteiger partial charge in [0.25, 0.3) is 0 Å². The van der Waals surface area contributed by atoms with Gasteiger partial charge in [0.15, 0.2) is 5.82 Å². The monoisotopic (exact) mass is 347 g/mol. The van der Waals surface area contributed by atoms with Crippen molar-refractivity contribution in [2.45, 2.75) is 70.0 Å². The van der Waals surface area contributed by atoms with E-state index in [4.69, 9.17) is 4.52 Å². The summed E-state index contributed by atoms with van der Waals surface area (Å²) in [6.07, 6.45) is 6.90. The summed E-state index contributed by atoms with van der Waals surface area (Å²) in [5, 5.41) is 7.68. The van der Waals surface area contributed by atoms with E-state index in [1.54, 1.807) is 0 Å². The van der Waals surface area contributed by atoms with E-state index in [-0.39, 0.29) is 11.9 Å². The summed E-state index contributed by atoms with van der Waals surface area (Å²) in [7, 11) is 0. The molecule has 2 atom stereocenters. The molecular formula is C18H29N5O2. The number of carbonyl (C=O) groups is 1. The Balaban J connectivity index is 1.27. The second-order valence-corrected chi connectivity index (χ2v) is 7.82. The molecule has 4 rings (SSSR count). The van der Waals surface area contributed by atoms with Gasteiger partial charge < -0.3 is 14.7 Å². The SMILES string of the molecule is C[C@H](N[C@H]1CCCN(Cc2noc(C3CC3)n2)C1)C(=O)N1CCCC1. The van der Waals surface area contributed by atoms with E-state index in [1.165, 1.54) is 12.8 Å². The molecule has 0 bridgehead atoms. The number of nitrogens with zero attached hydrogens (tertiary/aromatic N) is 4. The van der Waals surface area contributed by atoms with Gasteiger partial charge in [0.2, 0.25) is 11.8 Å². The Morgan fingerprint density at radius 2 is 2.04 bits per heavy atom. The summed E-state index contributed by atoms with van der Waals surface area (Å²) >= 11 is 0. The average Bonchev–Trinajstić information content (AvgIpc) is 3.12. The number of amides is 1. The minimum atomic E-state index is -0.102. The van der Waals surface area contributed by atoms with Crippen LogP contribution in [0.15, 0.2) is 4.52 Å². The Morgan fingerprint density at radius 3 is 2.80 bits per heavy atom. The molecular weight excluding hydrogens is 318 g/mol. The van der Waals surface area contributed by atoms with Crippen LogP contribution in [0, 0.1) is 0 Å². The van der Waals surface area contributed by atoms with Crippen molar-refractivity contribution in [3.05, 3.63) is 11.7 Å². The Kier molecular flexibility index (Phi) is 5.03. The van der Waals surface area contributed by atoms with Gasteiger partial charge in [0.1, 0.15) is 0 Å². The first-order valence-electron chi connectivity index (χ1n) is 9.78. The molecule has 138 valence electrons. The fourth-order valence-electron chi connectivity index (χ4n) is 4.00. The summed E-state index contributed by atoms with van der Waals surface area (Å²) < 4.78 is 5.36. The largest absolute Gasteiger partial charge is 0.341 e. The number of likely N-dealkylation sites (tertiary alicyclic amines) is 2. The van der Waals surface area contributed by atoms with Gasteiger partial charge in [-0.3, -0.25) is 9.69 Å². The zero-order valence-electron chi connectivity index (χ0n) is 15.1. The number of nitrogens with one attached hydrogen (secondary N) is 1. The van der Waals surface area contributed by atoms with Crippen molar-refractivity contribution in [3.63, 3.8) is 0 Å². The molecule has 0 aromatic carbocycles. The molecule has 3 aliphatic rings. The summed E-state index contributed by atoms with van der Waals surface area (Å²) in [5.41, 5.74) is 0. The zero-order valence-corrected chi connectivity index (χ0v) is 15.1. The van der Waals surface area contributed by atoms with Crippen LogP contribution in [0.4, 0.5) is 0 Å². The van der Waals surface area contributed by atoms with Crippen molar-refractivity contribution < 1.29 is 9.32 Å². The lowest BCUT2D eigenvalue weighted by molar-refractivity contribution is -0.132. The van der Waals surface area contributed by atoms with E-state index in [0.29, 0.717) is 12.0 Å². The van der Waals surface area contributed by atoms with E-state index in [2.05, 4.69) is 20.4 Å². The van der Waals surface area contributed by atoms with Crippen molar-refractivity contribution in [1.29, 1.82) is 0 Å². The smallest absolute Gasteiger partial charge is 0.239 e. The predicted molar refractivity (Wildman–Crippen MR) is 93.0 cm³/mol. The van der Waals surface area contributed by atoms with Crippen LogP contribution in [-0.4, -0.2) is 64.1 Å². The number of piperidine rings is 1. The van der Waals surface area contributed by atoms with Crippen LogP contribution in [0.3, 0.4) is 0 Å². The van der Waals surface area contributed by atoms with E-state index >= 15 is 0 Å². The average molecular weight is 347 g/mol. The molecule has 25 heavy (non-hydrogen) atoms. The minimum absolute atomic E-state index is 0.102. The van der Waals surface area contributed by atoms with E-state index < -0.39 is 0 Å². The van der Waals surface area contributed by atoms with E-state index in [1.807, 2.05) is 11.8 Å². The van der Waals surface area contributed by atoms with E-state index in [9.17, 15) is 4.79 Å². The highest BCUT2D eigenvalue weighted by Gasteiger charge is 2.31. The highest BCUT2D eigenvalue weighted by atomic mass is 16.5. The third-order valence-electron chi connectivity index (χ3n) is 5.55. The highest BCUT2D eigenvalue weighted by Crippen LogP contribution is 2.38. The molecule has 2 saturated heterocycles. The van der Waals surface area contributed by atoms with Crippen LogP contribution < -0.4 is 5.32 Å². The van der Waals surface area contributed by atoms with Crippen molar-refractivity contribution >= 4 is 5.91 Å². The molecule has 1 aromatic rings. The molecule has 1 aliphatic carbocycles. The maximum Gasteiger partial charge on any atom is 0.239 e. The van der Waals surface area contributed by atoms with Gasteiger partial charge in [-0.05, 0) is 52.0 Å². The quantitative estimate of drug-likeness (QED) is 0.841. The standard InChI is InChI=1S/C18H29N5O2/c1-13(18(24)23-9-2-3-10-23)19-15-5-4-8-22(11-15)12-16-20-17(25-21-16)14-6-7-14/h13-15,19H,2-12H2,1H3/t13-,15-/m0/s1. The van der Waals surface area contributed by atoms with Gasteiger partial charge in [-0.1, -0.05) is 5.16 Å². The van der Waals surface area contributed by atoms with Gasteiger partial charge in [0.05, 0.1) is 12.6 Å². The summed E-state index contributed by atoms with van der Waals surface area (Å²) in [6, 6.07) is 0.250. The van der Waals surface area contributed by atoms with Crippen LogP contribution in [-0.2, 0) is 11.3 Å². The van der Waals surface area contributed by atoms with Crippen molar-refractivity contribution in [1.82, 2.24) is 25.3 Å². The molecule has 2 aliphatic heterocycles. The Labute approximate surface area is 149 Å². The van der Waals surface area contributed by atoms with Gasteiger partial charge in [-0.15, -0.1) is 0 Å². The normalized spacial score (nSPS) is 26.1. The summed E-state index contributed by atoms with van der Waals surface area (Å²) in [6.45, 7) is 6.57. The molecule has 3 fully saturated rings. The molecule has 1 amide bonds. The minimum Gasteiger partial charge on any atom is -0.341 e. The van der Waals surface area contributed by atoms with Gasteiger partial charge in [-0.25, -0.2) is 0 Å².